The molecule has 22 heavy (non-hydrogen) atoms. The zero-order valence-corrected chi connectivity index (χ0v) is 11.6. The molecule has 7 nitrogen and oxygen atoms in total. The summed E-state index contributed by atoms with van der Waals surface area (Å²) in [7, 11) is 0. The van der Waals surface area contributed by atoms with Gasteiger partial charge in [-0.15, -0.1) is 0 Å². The van der Waals surface area contributed by atoms with Crippen LogP contribution < -0.4 is 4.74 Å². The van der Waals surface area contributed by atoms with Crippen molar-refractivity contribution in [3.63, 3.8) is 0 Å². The number of hydrogen-bond acceptors (Lipinski definition) is 7. The lowest BCUT2D eigenvalue weighted by Crippen LogP contribution is -2.60. The van der Waals surface area contributed by atoms with Gasteiger partial charge in [-0.1, -0.05) is 18.2 Å². The van der Waals surface area contributed by atoms with Crippen LogP contribution in [0.15, 0.2) is 36.5 Å². The van der Waals surface area contributed by atoms with Gasteiger partial charge in [-0.3, -0.25) is 4.98 Å². The maximum absolute atomic E-state index is 9.99. The van der Waals surface area contributed by atoms with Crippen LogP contribution in [-0.2, 0) is 4.74 Å². The van der Waals surface area contributed by atoms with Crippen LogP contribution in [0.2, 0.25) is 0 Å². The van der Waals surface area contributed by atoms with Crippen molar-refractivity contribution < 1.29 is 29.9 Å². The molecule has 2 aromatic rings. The molecule has 0 aliphatic carbocycles. The van der Waals surface area contributed by atoms with Gasteiger partial charge >= 0.3 is 0 Å². The van der Waals surface area contributed by atoms with Crippen molar-refractivity contribution in [3.05, 3.63) is 36.5 Å². The molecule has 2 heterocycles. The number of nitrogens with zero attached hydrogens (tertiary/aromatic N) is 1. The van der Waals surface area contributed by atoms with Crippen LogP contribution in [0.4, 0.5) is 0 Å². The normalized spacial score (nSPS) is 32.1. The number of rotatable bonds is 3. The molecule has 0 radical (unpaired) electrons. The molecule has 1 aromatic heterocycles. The summed E-state index contributed by atoms with van der Waals surface area (Å²) < 4.78 is 10.9. The van der Waals surface area contributed by atoms with E-state index in [2.05, 4.69) is 4.98 Å². The standard InChI is InChI=1S/C15H17NO6/c17-7-10-12(18)13(19)14(20)15(22-10)21-9-5-1-3-8-4-2-6-16-11(8)9/h1-6,10,12-15,17-20H,7H2/t10-,12-,13+,14-,15+/m0/s1. The number of para-hydroxylation sites is 1. The van der Waals surface area contributed by atoms with E-state index in [4.69, 9.17) is 9.47 Å². The smallest absolute Gasteiger partial charge is 0.229 e. The molecule has 4 N–H and O–H groups in total. The highest BCUT2D eigenvalue weighted by Gasteiger charge is 2.44. The monoisotopic (exact) mass is 307 g/mol. The third kappa shape index (κ3) is 2.65. The summed E-state index contributed by atoms with van der Waals surface area (Å²) in [5.74, 6) is 0.377. The Morgan fingerprint density at radius 1 is 1.05 bits per heavy atom. The van der Waals surface area contributed by atoms with Gasteiger partial charge in [0, 0.05) is 11.6 Å². The first-order valence-corrected chi connectivity index (χ1v) is 6.92. The van der Waals surface area contributed by atoms with Crippen molar-refractivity contribution in [1.82, 2.24) is 4.98 Å². The molecule has 0 amide bonds. The zero-order valence-electron chi connectivity index (χ0n) is 11.6. The molecule has 1 fully saturated rings. The van der Waals surface area contributed by atoms with Gasteiger partial charge in [-0.25, -0.2) is 0 Å². The lowest BCUT2D eigenvalue weighted by Gasteiger charge is -2.39. The van der Waals surface area contributed by atoms with Crippen molar-refractivity contribution in [2.24, 2.45) is 0 Å². The number of aliphatic hydroxyl groups is 4. The molecule has 7 heteroatoms. The van der Waals surface area contributed by atoms with Crippen molar-refractivity contribution in [1.29, 1.82) is 0 Å². The van der Waals surface area contributed by atoms with Crippen LogP contribution in [0, 0.1) is 0 Å². The number of hydrogen-bond donors (Lipinski definition) is 4. The molecule has 1 aliphatic rings. The van der Waals surface area contributed by atoms with Crippen LogP contribution in [0.5, 0.6) is 5.75 Å². The molecule has 1 aromatic carbocycles. The van der Waals surface area contributed by atoms with E-state index in [-0.39, 0.29) is 0 Å². The number of fused-ring (bicyclic) bond motifs is 1. The third-order valence-electron chi connectivity index (χ3n) is 3.69. The average molecular weight is 307 g/mol. The van der Waals surface area contributed by atoms with Gasteiger partial charge in [0.15, 0.2) is 0 Å². The number of pyridine rings is 1. The first-order chi connectivity index (χ1) is 10.6. The molecular weight excluding hydrogens is 290 g/mol. The Balaban J connectivity index is 1.87. The SMILES string of the molecule is OC[C@@H]1O[C@@H](Oc2cccc3cccnc23)[C@@H](O)[C@H](O)[C@H]1O. The number of aliphatic hydroxyl groups excluding tert-OH is 4. The van der Waals surface area contributed by atoms with E-state index in [9.17, 15) is 20.4 Å². The highest BCUT2D eigenvalue weighted by Crippen LogP contribution is 2.28. The Kier molecular flexibility index (Phi) is 4.23. The first-order valence-electron chi connectivity index (χ1n) is 6.92. The second-order valence-corrected chi connectivity index (χ2v) is 5.15. The minimum Gasteiger partial charge on any atom is -0.460 e. The van der Waals surface area contributed by atoms with Crippen LogP contribution in [-0.4, -0.2) is 62.7 Å². The van der Waals surface area contributed by atoms with Gasteiger partial charge in [0.2, 0.25) is 6.29 Å². The van der Waals surface area contributed by atoms with Gasteiger partial charge in [0.05, 0.1) is 6.61 Å². The number of ether oxygens (including phenoxy) is 2. The van der Waals surface area contributed by atoms with Crippen LogP contribution in [0.25, 0.3) is 10.9 Å². The Labute approximate surface area is 126 Å². The predicted octanol–water partition coefficient (Wildman–Crippen LogP) is -0.587. The molecule has 1 saturated heterocycles. The number of benzene rings is 1. The molecule has 0 bridgehead atoms. The highest BCUT2D eigenvalue weighted by atomic mass is 16.7. The summed E-state index contributed by atoms with van der Waals surface area (Å²) >= 11 is 0. The van der Waals surface area contributed by atoms with E-state index >= 15 is 0 Å². The fourth-order valence-corrected chi connectivity index (χ4v) is 2.46. The van der Waals surface area contributed by atoms with E-state index in [0.717, 1.165) is 5.39 Å². The van der Waals surface area contributed by atoms with Crippen molar-refractivity contribution in [2.75, 3.05) is 6.61 Å². The van der Waals surface area contributed by atoms with E-state index in [1.807, 2.05) is 12.1 Å². The minimum absolute atomic E-state index is 0.377. The first kappa shape index (κ1) is 15.1. The second kappa shape index (κ2) is 6.15. The fourth-order valence-electron chi connectivity index (χ4n) is 2.46. The summed E-state index contributed by atoms with van der Waals surface area (Å²) in [6.45, 7) is -0.501. The van der Waals surface area contributed by atoms with Gasteiger partial charge in [0.1, 0.15) is 35.7 Å². The van der Waals surface area contributed by atoms with Crippen molar-refractivity contribution in [3.8, 4) is 5.75 Å². The largest absolute Gasteiger partial charge is 0.460 e. The minimum atomic E-state index is -1.47. The van der Waals surface area contributed by atoms with Crippen LogP contribution in [0.3, 0.4) is 0 Å². The molecule has 3 rings (SSSR count). The number of aromatic nitrogens is 1. The van der Waals surface area contributed by atoms with Crippen LogP contribution >= 0.6 is 0 Å². The lowest BCUT2D eigenvalue weighted by atomic mass is 9.99. The van der Waals surface area contributed by atoms with Gasteiger partial charge in [0.25, 0.3) is 0 Å². The summed E-state index contributed by atoms with van der Waals surface area (Å²) in [6.07, 6.45) is -4.95. The third-order valence-corrected chi connectivity index (χ3v) is 3.69. The highest BCUT2D eigenvalue weighted by molar-refractivity contribution is 5.84. The Bertz CT molecular complexity index is 643. The maximum atomic E-state index is 9.99. The molecule has 0 saturated carbocycles. The quantitative estimate of drug-likeness (QED) is 0.600. The summed E-state index contributed by atoms with van der Waals surface area (Å²) in [4.78, 5) is 4.22. The molecule has 118 valence electrons. The molecule has 1 aliphatic heterocycles. The van der Waals surface area contributed by atoms with Crippen molar-refractivity contribution in [2.45, 2.75) is 30.7 Å². The molecule has 0 spiro atoms. The topological polar surface area (TPSA) is 112 Å². The lowest BCUT2D eigenvalue weighted by molar-refractivity contribution is -0.277. The van der Waals surface area contributed by atoms with E-state index in [1.165, 1.54) is 0 Å². The Morgan fingerprint density at radius 3 is 2.59 bits per heavy atom. The van der Waals surface area contributed by atoms with Crippen molar-refractivity contribution >= 4 is 10.9 Å². The molecular formula is C15H17NO6. The van der Waals surface area contributed by atoms with Gasteiger partial charge in [-0.2, -0.15) is 0 Å². The molecule has 0 unspecified atom stereocenters. The Morgan fingerprint density at radius 2 is 1.82 bits per heavy atom. The predicted molar refractivity (Wildman–Crippen MR) is 76.1 cm³/mol. The average Bonchev–Trinajstić information content (AvgIpc) is 2.55. The van der Waals surface area contributed by atoms with Gasteiger partial charge < -0.3 is 29.9 Å². The van der Waals surface area contributed by atoms with Gasteiger partial charge in [-0.05, 0) is 12.1 Å². The van der Waals surface area contributed by atoms with Crippen LogP contribution in [0.1, 0.15) is 0 Å². The second-order valence-electron chi connectivity index (χ2n) is 5.15. The maximum Gasteiger partial charge on any atom is 0.229 e. The Hall–Kier alpha value is -1.77. The van der Waals surface area contributed by atoms with E-state index < -0.39 is 37.3 Å². The molecule has 5 atom stereocenters. The summed E-state index contributed by atoms with van der Waals surface area (Å²) in [5.41, 5.74) is 0.585. The zero-order chi connectivity index (χ0) is 15.7. The fraction of sp³-hybridized carbons (Fsp3) is 0.400. The summed E-state index contributed by atoms with van der Waals surface area (Å²) in [6, 6.07) is 8.95. The van der Waals surface area contributed by atoms with E-state index in [1.54, 1.807) is 24.4 Å². The summed E-state index contributed by atoms with van der Waals surface area (Å²) in [5, 5.41) is 39.5. The van der Waals surface area contributed by atoms with E-state index in [0.29, 0.717) is 11.3 Å².